The van der Waals surface area contributed by atoms with E-state index < -0.39 is 11.6 Å². The third-order valence-electron chi connectivity index (χ3n) is 3.48. The second kappa shape index (κ2) is 6.30. The topological polar surface area (TPSA) is 18.5 Å². The van der Waals surface area contributed by atoms with Crippen LogP contribution in [0.15, 0.2) is 12.1 Å². The monoisotopic (exact) mass is 269 g/mol. The van der Waals surface area contributed by atoms with Crippen molar-refractivity contribution in [1.82, 2.24) is 10.2 Å². The maximum atomic E-state index is 14.1. The first-order chi connectivity index (χ1) is 9.11. The van der Waals surface area contributed by atoms with Crippen LogP contribution in [-0.2, 0) is 6.54 Å². The average molecular weight is 269 g/mol. The Kier molecular flexibility index (Phi) is 4.71. The molecule has 0 saturated carbocycles. The highest BCUT2D eigenvalue weighted by Crippen LogP contribution is 2.26. The Morgan fingerprint density at radius 2 is 1.68 bits per heavy atom. The summed E-state index contributed by atoms with van der Waals surface area (Å²) in [5, 5.41) is 3.07. The molecule has 0 aromatic heterocycles. The Morgan fingerprint density at radius 1 is 1.11 bits per heavy atom. The molecule has 106 valence electrons. The van der Waals surface area contributed by atoms with Crippen LogP contribution < -0.4 is 10.2 Å². The second-order valence-corrected chi connectivity index (χ2v) is 4.98. The normalized spacial score (nSPS) is 16.9. The van der Waals surface area contributed by atoms with Gasteiger partial charge in [-0.25, -0.2) is 8.78 Å². The van der Waals surface area contributed by atoms with Gasteiger partial charge in [0, 0.05) is 32.7 Å². The van der Waals surface area contributed by atoms with Crippen LogP contribution in [0.3, 0.4) is 0 Å². The van der Waals surface area contributed by atoms with E-state index in [1.807, 2.05) is 14.0 Å². The molecule has 1 aliphatic heterocycles. The van der Waals surface area contributed by atoms with Crippen LogP contribution in [0.1, 0.15) is 12.5 Å². The van der Waals surface area contributed by atoms with Crippen molar-refractivity contribution in [3.8, 4) is 0 Å². The number of nitrogens with zero attached hydrogens (tertiary/aromatic N) is 2. The van der Waals surface area contributed by atoms with E-state index in [4.69, 9.17) is 0 Å². The summed E-state index contributed by atoms with van der Waals surface area (Å²) >= 11 is 0. The SMILES string of the molecule is CCNCc1cc(F)c(N2CCN(C)CC2)c(F)c1. The van der Waals surface area contributed by atoms with E-state index in [1.54, 1.807) is 4.90 Å². The van der Waals surface area contributed by atoms with Crippen molar-refractivity contribution >= 4 is 5.69 Å². The zero-order valence-corrected chi connectivity index (χ0v) is 11.5. The molecule has 3 nitrogen and oxygen atoms in total. The maximum absolute atomic E-state index is 14.1. The number of piperazine rings is 1. The summed E-state index contributed by atoms with van der Waals surface area (Å²) < 4.78 is 28.2. The molecular weight excluding hydrogens is 248 g/mol. The summed E-state index contributed by atoms with van der Waals surface area (Å²) in [5.74, 6) is -0.921. The molecular formula is C14H21F2N3. The fraction of sp³-hybridized carbons (Fsp3) is 0.571. The lowest BCUT2D eigenvalue weighted by atomic mass is 10.1. The maximum Gasteiger partial charge on any atom is 0.149 e. The van der Waals surface area contributed by atoms with Crippen LogP contribution in [0.2, 0.25) is 0 Å². The Hall–Kier alpha value is -1.20. The van der Waals surface area contributed by atoms with Crippen LogP contribution in [0.25, 0.3) is 0 Å². The lowest BCUT2D eigenvalue weighted by Crippen LogP contribution is -2.45. The highest BCUT2D eigenvalue weighted by molar-refractivity contribution is 5.51. The van der Waals surface area contributed by atoms with Gasteiger partial charge in [0.25, 0.3) is 0 Å². The van der Waals surface area contributed by atoms with Crippen LogP contribution in [0.5, 0.6) is 0 Å². The lowest BCUT2D eigenvalue weighted by molar-refractivity contribution is 0.310. The minimum absolute atomic E-state index is 0.119. The van der Waals surface area contributed by atoms with Gasteiger partial charge in [-0.1, -0.05) is 6.92 Å². The highest BCUT2D eigenvalue weighted by Gasteiger charge is 2.21. The molecule has 1 heterocycles. The van der Waals surface area contributed by atoms with Crippen LogP contribution in [-0.4, -0.2) is 44.7 Å². The molecule has 0 radical (unpaired) electrons. The Labute approximate surface area is 113 Å². The Morgan fingerprint density at radius 3 is 2.21 bits per heavy atom. The third kappa shape index (κ3) is 3.42. The van der Waals surface area contributed by atoms with Gasteiger partial charge in [-0.3, -0.25) is 0 Å². The van der Waals surface area contributed by atoms with E-state index in [9.17, 15) is 8.78 Å². The quantitative estimate of drug-likeness (QED) is 0.899. The zero-order chi connectivity index (χ0) is 13.8. The summed E-state index contributed by atoms with van der Waals surface area (Å²) in [4.78, 5) is 3.95. The second-order valence-electron chi connectivity index (χ2n) is 4.98. The Balaban J connectivity index is 2.16. The predicted molar refractivity (Wildman–Crippen MR) is 73.4 cm³/mol. The van der Waals surface area contributed by atoms with E-state index in [-0.39, 0.29) is 5.69 Å². The molecule has 1 saturated heterocycles. The highest BCUT2D eigenvalue weighted by atomic mass is 19.1. The van der Waals surface area contributed by atoms with Crippen molar-refractivity contribution in [2.45, 2.75) is 13.5 Å². The van der Waals surface area contributed by atoms with E-state index >= 15 is 0 Å². The molecule has 0 atom stereocenters. The standard InChI is InChI=1S/C14H21F2N3/c1-3-17-10-11-8-12(15)14(13(16)9-11)19-6-4-18(2)5-7-19/h8-9,17H,3-7,10H2,1-2H3. The fourth-order valence-electron chi connectivity index (χ4n) is 2.32. The average Bonchev–Trinajstić information content (AvgIpc) is 2.38. The van der Waals surface area contributed by atoms with Crippen molar-refractivity contribution in [3.05, 3.63) is 29.3 Å². The zero-order valence-electron chi connectivity index (χ0n) is 11.5. The first-order valence-corrected chi connectivity index (χ1v) is 6.74. The summed E-state index contributed by atoms with van der Waals surface area (Å²) in [7, 11) is 2.02. The summed E-state index contributed by atoms with van der Waals surface area (Å²) in [6, 6.07) is 2.86. The smallest absolute Gasteiger partial charge is 0.149 e. The predicted octanol–water partition coefficient (Wildman–Crippen LogP) is 1.83. The number of hydrogen-bond donors (Lipinski definition) is 1. The molecule has 0 aliphatic carbocycles. The number of nitrogens with one attached hydrogen (secondary N) is 1. The van der Waals surface area contributed by atoms with Gasteiger partial charge in [0.05, 0.1) is 0 Å². The molecule has 1 aromatic carbocycles. The summed E-state index contributed by atoms with van der Waals surface area (Å²) in [6.45, 7) is 6.23. The van der Waals surface area contributed by atoms with Crippen molar-refractivity contribution < 1.29 is 8.78 Å². The first kappa shape index (κ1) is 14.2. The van der Waals surface area contributed by atoms with Gasteiger partial charge >= 0.3 is 0 Å². The molecule has 1 aromatic rings. The van der Waals surface area contributed by atoms with Gasteiger partial charge in [0.1, 0.15) is 17.3 Å². The molecule has 0 unspecified atom stereocenters. The minimum atomic E-state index is -0.461. The minimum Gasteiger partial charge on any atom is -0.364 e. The van der Waals surface area contributed by atoms with Gasteiger partial charge in [0.15, 0.2) is 0 Å². The Bertz CT molecular complexity index is 406. The number of rotatable bonds is 4. The van der Waals surface area contributed by atoms with Crippen molar-refractivity contribution in [2.75, 3.05) is 44.7 Å². The van der Waals surface area contributed by atoms with E-state index in [1.165, 1.54) is 12.1 Å². The number of hydrogen-bond acceptors (Lipinski definition) is 3. The van der Waals surface area contributed by atoms with Gasteiger partial charge in [-0.2, -0.15) is 0 Å². The third-order valence-corrected chi connectivity index (χ3v) is 3.48. The van der Waals surface area contributed by atoms with E-state index in [2.05, 4.69) is 10.2 Å². The number of likely N-dealkylation sites (N-methyl/N-ethyl adjacent to an activating group) is 1. The van der Waals surface area contributed by atoms with E-state index in [0.29, 0.717) is 25.2 Å². The van der Waals surface area contributed by atoms with E-state index in [0.717, 1.165) is 19.6 Å². The molecule has 0 bridgehead atoms. The molecule has 1 N–H and O–H groups in total. The molecule has 1 fully saturated rings. The van der Waals surface area contributed by atoms with Crippen molar-refractivity contribution in [3.63, 3.8) is 0 Å². The molecule has 1 aliphatic rings. The molecule has 19 heavy (non-hydrogen) atoms. The molecule has 0 spiro atoms. The van der Waals surface area contributed by atoms with Crippen molar-refractivity contribution in [2.24, 2.45) is 0 Å². The van der Waals surface area contributed by atoms with Crippen LogP contribution >= 0.6 is 0 Å². The van der Waals surface area contributed by atoms with Crippen molar-refractivity contribution in [1.29, 1.82) is 0 Å². The molecule has 2 rings (SSSR count). The number of anilines is 1. The number of benzene rings is 1. The lowest BCUT2D eigenvalue weighted by Gasteiger charge is -2.34. The van der Waals surface area contributed by atoms with Gasteiger partial charge in [0.2, 0.25) is 0 Å². The first-order valence-electron chi connectivity index (χ1n) is 6.74. The molecule has 5 heteroatoms. The summed E-state index contributed by atoms with van der Waals surface area (Å²) in [5.41, 5.74) is 0.767. The summed E-state index contributed by atoms with van der Waals surface area (Å²) in [6.07, 6.45) is 0. The largest absolute Gasteiger partial charge is 0.364 e. The van der Waals surface area contributed by atoms with Gasteiger partial charge in [-0.15, -0.1) is 0 Å². The fourth-order valence-corrected chi connectivity index (χ4v) is 2.32. The van der Waals surface area contributed by atoms with Crippen LogP contribution in [0, 0.1) is 11.6 Å². The van der Waals surface area contributed by atoms with Gasteiger partial charge < -0.3 is 15.1 Å². The van der Waals surface area contributed by atoms with Gasteiger partial charge in [-0.05, 0) is 31.3 Å². The number of halogens is 2. The molecule has 0 amide bonds. The van der Waals surface area contributed by atoms with Crippen LogP contribution in [0.4, 0.5) is 14.5 Å².